The van der Waals surface area contributed by atoms with Gasteiger partial charge < -0.3 is 10.5 Å². The first kappa shape index (κ1) is 17.5. The minimum Gasteiger partial charge on any atom is -0.410 e. The van der Waals surface area contributed by atoms with E-state index in [0.29, 0.717) is 35.7 Å². The molecule has 2 aromatic rings. The number of benzene rings is 2. The number of hydrogen-bond donors (Lipinski definition) is 2. The molecular weight excluding hydrogens is 380 g/mol. The summed E-state index contributed by atoms with van der Waals surface area (Å²) in [5.41, 5.74) is 2.36. The third-order valence-corrected chi connectivity index (χ3v) is 3.96. The maximum Gasteiger partial charge on any atom is 0.224 e. The molecule has 0 atom stereocenters. The summed E-state index contributed by atoms with van der Waals surface area (Å²) in [7, 11) is 0. The second-order valence-corrected chi connectivity index (χ2v) is 6.14. The SMILES string of the molecule is O=C(CCCCl)Nc1ccc(Br)cc1/C(=N/O)c1ccccc1. The van der Waals surface area contributed by atoms with Gasteiger partial charge in [0.05, 0.1) is 5.69 Å². The zero-order valence-corrected chi connectivity index (χ0v) is 14.6. The normalized spacial score (nSPS) is 11.3. The van der Waals surface area contributed by atoms with Gasteiger partial charge in [-0.05, 0) is 24.6 Å². The lowest BCUT2D eigenvalue weighted by atomic mass is 10.0. The number of amides is 1. The number of alkyl halides is 1. The van der Waals surface area contributed by atoms with E-state index in [4.69, 9.17) is 11.6 Å². The molecule has 0 bridgehead atoms. The summed E-state index contributed by atoms with van der Waals surface area (Å²) in [6, 6.07) is 14.7. The van der Waals surface area contributed by atoms with Crippen LogP contribution in [0.15, 0.2) is 58.2 Å². The predicted octanol–water partition coefficient (Wildman–Crippen LogP) is 4.63. The summed E-state index contributed by atoms with van der Waals surface area (Å²) >= 11 is 9.02. The van der Waals surface area contributed by atoms with Crippen LogP contribution in [0, 0.1) is 0 Å². The fraction of sp³-hybridized carbons (Fsp3) is 0.176. The molecule has 120 valence electrons. The first-order valence-corrected chi connectivity index (χ1v) is 8.41. The number of rotatable bonds is 6. The molecule has 2 rings (SSSR count). The number of hydrogen-bond acceptors (Lipinski definition) is 3. The zero-order valence-electron chi connectivity index (χ0n) is 12.3. The highest BCUT2D eigenvalue weighted by atomic mass is 79.9. The standard InChI is InChI=1S/C17H16BrClN2O2/c18-13-8-9-15(20-16(22)7-4-10-19)14(11-13)17(21-23)12-5-2-1-3-6-12/h1-3,5-6,8-9,11,23H,4,7,10H2,(H,20,22)/b21-17+. The van der Waals surface area contributed by atoms with Crippen molar-refractivity contribution >= 4 is 44.8 Å². The lowest BCUT2D eigenvalue weighted by Gasteiger charge is -2.13. The van der Waals surface area contributed by atoms with Crippen LogP contribution in [0.5, 0.6) is 0 Å². The summed E-state index contributed by atoms with van der Waals surface area (Å²) in [5.74, 6) is 0.313. The van der Waals surface area contributed by atoms with Crippen LogP contribution in [0.1, 0.15) is 24.0 Å². The molecule has 2 N–H and O–H groups in total. The van der Waals surface area contributed by atoms with Crippen LogP contribution in [-0.4, -0.2) is 22.7 Å². The molecule has 0 aliphatic heterocycles. The van der Waals surface area contributed by atoms with E-state index >= 15 is 0 Å². The summed E-state index contributed by atoms with van der Waals surface area (Å²) in [5, 5.41) is 15.7. The van der Waals surface area contributed by atoms with Crippen molar-refractivity contribution in [3.8, 4) is 0 Å². The molecule has 1 amide bonds. The van der Waals surface area contributed by atoms with Gasteiger partial charge in [0.1, 0.15) is 5.71 Å². The van der Waals surface area contributed by atoms with Gasteiger partial charge in [-0.2, -0.15) is 0 Å². The molecule has 0 saturated heterocycles. The van der Waals surface area contributed by atoms with Crippen molar-refractivity contribution in [3.05, 3.63) is 64.1 Å². The van der Waals surface area contributed by atoms with Crippen LogP contribution < -0.4 is 5.32 Å². The highest BCUT2D eigenvalue weighted by molar-refractivity contribution is 9.10. The van der Waals surface area contributed by atoms with Crippen molar-refractivity contribution in [2.75, 3.05) is 11.2 Å². The van der Waals surface area contributed by atoms with E-state index in [9.17, 15) is 10.0 Å². The summed E-state index contributed by atoms with van der Waals surface area (Å²) < 4.78 is 0.823. The van der Waals surface area contributed by atoms with Crippen LogP contribution in [0.25, 0.3) is 0 Å². The van der Waals surface area contributed by atoms with Crippen molar-refractivity contribution in [1.82, 2.24) is 0 Å². The summed E-state index contributed by atoms with van der Waals surface area (Å²) in [6.07, 6.45) is 0.953. The molecule has 0 unspecified atom stereocenters. The molecule has 0 saturated carbocycles. The number of carbonyl (C=O) groups is 1. The Morgan fingerprint density at radius 3 is 2.61 bits per heavy atom. The lowest BCUT2D eigenvalue weighted by molar-refractivity contribution is -0.116. The second-order valence-electron chi connectivity index (χ2n) is 4.85. The van der Waals surface area contributed by atoms with E-state index < -0.39 is 0 Å². The maximum absolute atomic E-state index is 12.0. The molecular formula is C17H16BrClN2O2. The van der Waals surface area contributed by atoms with Crippen molar-refractivity contribution in [2.24, 2.45) is 5.16 Å². The molecule has 0 radical (unpaired) electrons. The minimum atomic E-state index is -0.125. The van der Waals surface area contributed by atoms with Crippen LogP contribution in [0.4, 0.5) is 5.69 Å². The number of anilines is 1. The smallest absolute Gasteiger partial charge is 0.224 e. The molecule has 0 spiro atoms. The molecule has 0 aromatic heterocycles. The topological polar surface area (TPSA) is 61.7 Å². The van der Waals surface area contributed by atoms with Gasteiger partial charge in [0.2, 0.25) is 5.91 Å². The third-order valence-electron chi connectivity index (χ3n) is 3.20. The Morgan fingerprint density at radius 2 is 1.96 bits per heavy atom. The van der Waals surface area contributed by atoms with Gasteiger partial charge in [0.15, 0.2) is 0 Å². The van der Waals surface area contributed by atoms with Gasteiger partial charge in [-0.1, -0.05) is 51.4 Å². The molecule has 0 fully saturated rings. The van der Waals surface area contributed by atoms with Crippen molar-refractivity contribution in [1.29, 1.82) is 0 Å². The minimum absolute atomic E-state index is 0.125. The largest absolute Gasteiger partial charge is 0.410 e. The van der Waals surface area contributed by atoms with E-state index in [1.54, 1.807) is 12.1 Å². The number of nitrogens with one attached hydrogen (secondary N) is 1. The number of carbonyl (C=O) groups excluding carboxylic acids is 1. The monoisotopic (exact) mass is 394 g/mol. The fourth-order valence-corrected chi connectivity index (χ4v) is 2.62. The molecule has 2 aromatic carbocycles. The average molecular weight is 396 g/mol. The summed E-state index contributed by atoms with van der Waals surface area (Å²) in [6.45, 7) is 0. The van der Waals surface area contributed by atoms with Gasteiger partial charge in [0.25, 0.3) is 0 Å². The summed E-state index contributed by atoms with van der Waals surface area (Å²) in [4.78, 5) is 12.0. The van der Waals surface area contributed by atoms with Gasteiger partial charge in [-0.25, -0.2) is 0 Å². The first-order valence-electron chi connectivity index (χ1n) is 7.09. The number of halogens is 2. The van der Waals surface area contributed by atoms with E-state index in [1.807, 2.05) is 36.4 Å². The Kier molecular flexibility index (Phi) is 6.62. The Labute approximate surface area is 148 Å². The molecule has 6 heteroatoms. The molecule has 0 aliphatic rings. The van der Waals surface area contributed by atoms with E-state index in [-0.39, 0.29) is 5.91 Å². The van der Waals surface area contributed by atoms with E-state index in [2.05, 4.69) is 26.4 Å². The van der Waals surface area contributed by atoms with E-state index in [1.165, 1.54) is 0 Å². The first-order chi connectivity index (χ1) is 11.2. The van der Waals surface area contributed by atoms with Gasteiger partial charge in [-0.3, -0.25) is 4.79 Å². The van der Waals surface area contributed by atoms with Crippen LogP contribution >= 0.6 is 27.5 Å². The van der Waals surface area contributed by atoms with Crippen LogP contribution in [0.3, 0.4) is 0 Å². The number of nitrogens with zero attached hydrogens (tertiary/aromatic N) is 1. The van der Waals surface area contributed by atoms with Crippen molar-refractivity contribution < 1.29 is 10.0 Å². The van der Waals surface area contributed by atoms with Gasteiger partial charge in [0, 0.05) is 27.9 Å². The molecule has 4 nitrogen and oxygen atoms in total. The quantitative estimate of drug-likeness (QED) is 0.324. The third kappa shape index (κ3) is 4.81. The Bertz CT molecular complexity index is 705. The fourth-order valence-electron chi connectivity index (χ4n) is 2.12. The molecule has 0 aliphatic carbocycles. The van der Waals surface area contributed by atoms with Crippen LogP contribution in [0.2, 0.25) is 0 Å². The van der Waals surface area contributed by atoms with Crippen molar-refractivity contribution in [3.63, 3.8) is 0 Å². The Balaban J connectivity index is 2.37. The average Bonchev–Trinajstić information content (AvgIpc) is 2.57. The highest BCUT2D eigenvalue weighted by Crippen LogP contribution is 2.25. The van der Waals surface area contributed by atoms with E-state index in [0.717, 1.165) is 10.0 Å². The van der Waals surface area contributed by atoms with Crippen LogP contribution in [-0.2, 0) is 4.79 Å². The maximum atomic E-state index is 12.0. The highest BCUT2D eigenvalue weighted by Gasteiger charge is 2.15. The predicted molar refractivity (Wildman–Crippen MR) is 96.6 cm³/mol. The Morgan fingerprint density at radius 1 is 1.22 bits per heavy atom. The Hall–Kier alpha value is -1.85. The van der Waals surface area contributed by atoms with Gasteiger partial charge in [-0.15, -0.1) is 11.6 Å². The van der Waals surface area contributed by atoms with Gasteiger partial charge >= 0.3 is 0 Å². The molecule has 0 heterocycles. The second kappa shape index (κ2) is 8.70. The lowest BCUT2D eigenvalue weighted by Crippen LogP contribution is -2.15. The number of oxime groups is 1. The molecule has 23 heavy (non-hydrogen) atoms. The zero-order chi connectivity index (χ0) is 16.7. The van der Waals surface area contributed by atoms with Crippen molar-refractivity contribution in [2.45, 2.75) is 12.8 Å².